The normalized spacial score (nSPS) is 22.3. The third kappa shape index (κ3) is 3.66. The smallest absolute Gasteiger partial charge is 0.231 e. The Morgan fingerprint density at radius 3 is 2.56 bits per heavy atom. The van der Waals surface area contributed by atoms with Gasteiger partial charge in [0.05, 0.1) is 18.2 Å². The van der Waals surface area contributed by atoms with Gasteiger partial charge < -0.3 is 9.26 Å². The van der Waals surface area contributed by atoms with Gasteiger partial charge in [-0.15, -0.1) is 0 Å². The van der Waals surface area contributed by atoms with Crippen LogP contribution in [-0.4, -0.2) is 26.4 Å². The quantitative estimate of drug-likeness (QED) is 0.789. The van der Waals surface area contributed by atoms with Crippen LogP contribution in [0.25, 0.3) is 11.0 Å². The molecule has 27 heavy (non-hydrogen) atoms. The van der Waals surface area contributed by atoms with Gasteiger partial charge in [0.15, 0.2) is 11.4 Å². The lowest BCUT2D eigenvalue weighted by molar-refractivity contribution is 0.174. The van der Waals surface area contributed by atoms with Crippen LogP contribution in [0.4, 0.5) is 5.82 Å². The molecular weight excluding hydrogens is 364 g/mol. The summed E-state index contributed by atoms with van der Waals surface area (Å²) in [6, 6.07) is 3.88. The molecule has 0 amide bonds. The molecule has 0 bridgehead atoms. The Hall–Kier alpha value is -1.76. The topological polar surface area (TPSA) is 81.4 Å². The largest absolute Gasteiger partial charge is 0.493 e. The van der Waals surface area contributed by atoms with Crippen LogP contribution >= 0.6 is 0 Å². The van der Waals surface area contributed by atoms with Crippen molar-refractivity contribution in [1.82, 2.24) is 5.16 Å². The lowest BCUT2D eigenvalue weighted by Gasteiger charge is -2.28. The Morgan fingerprint density at radius 2 is 1.93 bits per heavy atom. The van der Waals surface area contributed by atoms with Crippen LogP contribution in [0.2, 0.25) is 0 Å². The number of ether oxygens (including phenoxy) is 1. The standard InChI is InChI=1S/C20H26N2O4S/c1-27(23,24)22-19-16-10-15(14-2-3-14)17(11-18(16)26-21-19)25-12-13-4-6-20(7-5-13)8-9-20/h10-11,13-14H,2-9,12H2,1H3,(H,21,22). The average molecular weight is 391 g/mol. The Bertz CT molecular complexity index is 963. The van der Waals surface area contributed by atoms with Crippen LogP contribution < -0.4 is 9.46 Å². The summed E-state index contributed by atoms with van der Waals surface area (Å²) >= 11 is 0. The number of benzene rings is 1. The molecule has 1 spiro atoms. The minimum atomic E-state index is -3.40. The van der Waals surface area contributed by atoms with Gasteiger partial charge >= 0.3 is 0 Å². The van der Waals surface area contributed by atoms with E-state index in [-0.39, 0.29) is 5.82 Å². The number of hydrogen-bond donors (Lipinski definition) is 1. The average Bonchev–Trinajstić information content (AvgIpc) is 3.54. The predicted molar refractivity (Wildman–Crippen MR) is 104 cm³/mol. The van der Waals surface area contributed by atoms with E-state index < -0.39 is 10.0 Å². The fourth-order valence-electron chi connectivity index (χ4n) is 4.41. The van der Waals surface area contributed by atoms with Crippen LogP contribution in [-0.2, 0) is 10.0 Å². The molecular formula is C20H26N2O4S. The fourth-order valence-corrected chi connectivity index (χ4v) is 4.91. The van der Waals surface area contributed by atoms with E-state index in [9.17, 15) is 8.42 Å². The monoisotopic (exact) mass is 390 g/mol. The van der Waals surface area contributed by atoms with E-state index in [1.54, 1.807) is 0 Å². The summed E-state index contributed by atoms with van der Waals surface area (Å²) in [6.45, 7) is 0.754. The molecule has 3 aliphatic carbocycles. The van der Waals surface area contributed by atoms with Gasteiger partial charge in [-0.1, -0.05) is 5.16 Å². The third-order valence-electron chi connectivity index (χ3n) is 6.50. The van der Waals surface area contributed by atoms with E-state index in [2.05, 4.69) is 9.88 Å². The van der Waals surface area contributed by atoms with Gasteiger partial charge in [-0.05, 0) is 80.2 Å². The molecule has 1 N–H and O–H groups in total. The van der Waals surface area contributed by atoms with E-state index in [1.807, 2.05) is 12.1 Å². The molecule has 146 valence electrons. The lowest BCUT2D eigenvalue weighted by atomic mass is 9.80. The molecule has 1 aromatic carbocycles. The first-order chi connectivity index (χ1) is 12.9. The number of hydrogen-bond acceptors (Lipinski definition) is 5. The number of nitrogens with one attached hydrogen (secondary N) is 1. The van der Waals surface area contributed by atoms with Gasteiger partial charge in [0.1, 0.15) is 5.75 Å². The molecule has 0 saturated heterocycles. The highest BCUT2D eigenvalue weighted by atomic mass is 32.2. The first kappa shape index (κ1) is 17.3. The molecule has 3 fully saturated rings. The second-order valence-corrected chi connectivity index (χ2v) is 10.6. The maximum Gasteiger partial charge on any atom is 0.231 e. The molecule has 3 aliphatic rings. The molecule has 3 saturated carbocycles. The fraction of sp³-hybridized carbons (Fsp3) is 0.650. The summed E-state index contributed by atoms with van der Waals surface area (Å²) in [5.74, 6) is 2.25. The molecule has 5 rings (SSSR count). The van der Waals surface area contributed by atoms with E-state index in [0.29, 0.717) is 28.2 Å². The van der Waals surface area contributed by atoms with Crippen molar-refractivity contribution in [3.8, 4) is 5.75 Å². The van der Waals surface area contributed by atoms with Gasteiger partial charge in [0.2, 0.25) is 10.0 Å². The predicted octanol–water partition coefficient (Wildman–Crippen LogP) is 4.43. The number of anilines is 1. The zero-order valence-corrected chi connectivity index (χ0v) is 16.5. The number of nitrogens with zero attached hydrogens (tertiary/aromatic N) is 1. The van der Waals surface area contributed by atoms with Crippen molar-refractivity contribution in [2.75, 3.05) is 17.6 Å². The molecule has 0 aliphatic heterocycles. The molecule has 0 radical (unpaired) electrons. The zero-order chi connectivity index (χ0) is 18.6. The minimum absolute atomic E-state index is 0.253. The van der Waals surface area contributed by atoms with Crippen LogP contribution in [0.5, 0.6) is 5.75 Å². The molecule has 0 atom stereocenters. The van der Waals surface area contributed by atoms with Crippen molar-refractivity contribution in [2.45, 2.75) is 57.3 Å². The molecule has 6 nitrogen and oxygen atoms in total. The van der Waals surface area contributed by atoms with Crippen molar-refractivity contribution in [2.24, 2.45) is 11.3 Å². The zero-order valence-electron chi connectivity index (χ0n) is 15.7. The molecule has 7 heteroatoms. The van der Waals surface area contributed by atoms with Crippen molar-refractivity contribution >= 4 is 26.8 Å². The van der Waals surface area contributed by atoms with Gasteiger partial charge in [0.25, 0.3) is 0 Å². The molecule has 0 unspecified atom stereocenters. The highest BCUT2D eigenvalue weighted by Crippen LogP contribution is 2.57. The van der Waals surface area contributed by atoms with Crippen LogP contribution in [0.3, 0.4) is 0 Å². The van der Waals surface area contributed by atoms with Gasteiger partial charge in [-0.3, -0.25) is 4.72 Å². The highest BCUT2D eigenvalue weighted by molar-refractivity contribution is 7.92. The van der Waals surface area contributed by atoms with Crippen molar-refractivity contribution in [3.05, 3.63) is 17.7 Å². The Labute approximate surface area is 159 Å². The van der Waals surface area contributed by atoms with E-state index in [1.165, 1.54) is 38.5 Å². The summed E-state index contributed by atoms with van der Waals surface area (Å²) in [5, 5.41) is 4.59. The first-order valence-corrected chi connectivity index (χ1v) is 11.8. The van der Waals surface area contributed by atoms with E-state index in [4.69, 9.17) is 9.26 Å². The number of rotatable bonds is 6. The van der Waals surface area contributed by atoms with Crippen molar-refractivity contribution < 1.29 is 17.7 Å². The Morgan fingerprint density at radius 1 is 1.19 bits per heavy atom. The summed E-state index contributed by atoms with van der Waals surface area (Å²) in [6.07, 6.45) is 11.5. The SMILES string of the molecule is CS(=O)(=O)Nc1noc2cc(OCC3CCC4(CC3)CC4)c(C3CC3)cc12. The Balaban J connectivity index is 1.36. The Kier molecular flexibility index (Phi) is 3.93. The molecule has 1 heterocycles. The summed E-state index contributed by atoms with van der Waals surface area (Å²) < 4.78 is 37.2. The second kappa shape index (κ2) is 6.12. The summed E-state index contributed by atoms with van der Waals surface area (Å²) in [4.78, 5) is 0. The minimum Gasteiger partial charge on any atom is -0.493 e. The van der Waals surface area contributed by atoms with Gasteiger partial charge in [-0.2, -0.15) is 0 Å². The van der Waals surface area contributed by atoms with Crippen LogP contribution in [0, 0.1) is 11.3 Å². The highest BCUT2D eigenvalue weighted by Gasteiger charge is 2.44. The van der Waals surface area contributed by atoms with Crippen LogP contribution in [0.15, 0.2) is 16.7 Å². The van der Waals surface area contributed by atoms with Crippen molar-refractivity contribution in [3.63, 3.8) is 0 Å². The van der Waals surface area contributed by atoms with E-state index >= 15 is 0 Å². The first-order valence-electron chi connectivity index (χ1n) is 9.95. The third-order valence-corrected chi connectivity index (χ3v) is 7.06. The lowest BCUT2D eigenvalue weighted by Crippen LogP contribution is -2.20. The van der Waals surface area contributed by atoms with Gasteiger partial charge in [-0.25, -0.2) is 8.42 Å². The van der Waals surface area contributed by atoms with Crippen molar-refractivity contribution in [1.29, 1.82) is 0 Å². The number of fused-ring (bicyclic) bond motifs is 1. The van der Waals surface area contributed by atoms with Gasteiger partial charge in [0, 0.05) is 6.07 Å². The maximum atomic E-state index is 11.6. The molecule has 1 aromatic heterocycles. The number of sulfonamides is 1. The van der Waals surface area contributed by atoms with Crippen LogP contribution in [0.1, 0.15) is 62.8 Å². The molecule has 2 aromatic rings. The second-order valence-electron chi connectivity index (χ2n) is 8.82. The number of aromatic nitrogens is 1. The maximum absolute atomic E-state index is 11.6. The summed E-state index contributed by atoms with van der Waals surface area (Å²) in [5.41, 5.74) is 2.41. The summed E-state index contributed by atoms with van der Waals surface area (Å²) in [7, 11) is -3.40. The van der Waals surface area contributed by atoms with E-state index in [0.717, 1.165) is 37.0 Å².